The number of fused-ring (bicyclic) bond motifs is 1. The second kappa shape index (κ2) is 10.4. The Balaban J connectivity index is 1.57. The van der Waals surface area contributed by atoms with E-state index in [1.54, 1.807) is 4.90 Å². The first-order valence-corrected chi connectivity index (χ1v) is 10.9. The van der Waals surface area contributed by atoms with E-state index in [1.165, 1.54) is 6.26 Å². The van der Waals surface area contributed by atoms with Crippen molar-refractivity contribution in [2.45, 2.75) is 53.1 Å². The summed E-state index contributed by atoms with van der Waals surface area (Å²) in [5.41, 5.74) is 1.92. The Morgan fingerprint density at radius 3 is 2.84 bits per heavy atom. The monoisotopic (exact) mass is 428 g/mol. The predicted molar refractivity (Wildman–Crippen MR) is 118 cm³/mol. The Bertz CT molecular complexity index is 907. The van der Waals surface area contributed by atoms with Crippen LogP contribution in [0.5, 0.6) is 5.75 Å². The summed E-state index contributed by atoms with van der Waals surface area (Å²) < 4.78 is 11.0. The number of hydrogen-bond donors (Lipinski definition) is 1. The van der Waals surface area contributed by atoms with Gasteiger partial charge in [0, 0.05) is 6.04 Å². The molecular weight excluding hydrogens is 396 g/mol. The third-order valence-corrected chi connectivity index (χ3v) is 5.52. The van der Waals surface area contributed by atoms with Crippen LogP contribution in [-0.2, 0) is 11.3 Å². The minimum atomic E-state index is -0.269. The SMILES string of the molecule is CCN(CC)CCC[C@H](C)NC(=O)c1coc(CN2C(=O)COc3ccc(C)cc32)n1. The highest BCUT2D eigenvalue weighted by atomic mass is 16.5. The number of oxazole rings is 1. The molecule has 1 aromatic carbocycles. The summed E-state index contributed by atoms with van der Waals surface area (Å²) in [7, 11) is 0. The molecule has 0 saturated carbocycles. The number of carbonyl (C=O) groups is 2. The van der Waals surface area contributed by atoms with Gasteiger partial charge in [-0.25, -0.2) is 4.98 Å². The van der Waals surface area contributed by atoms with Crippen LogP contribution in [0.1, 0.15) is 55.6 Å². The van der Waals surface area contributed by atoms with E-state index in [-0.39, 0.29) is 36.7 Å². The number of nitrogens with one attached hydrogen (secondary N) is 1. The number of rotatable bonds is 10. The Labute approximate surface area is 183 Å². The lowest BCUT2D eigenvalue weighted by molar-refractivity contribution is -0.121. The maximum Gasteiger partial charge on any atom is 0.273 e. The van der Waals surface area contributed by atoms with Gasteiger partial charge in [-0.15, -0.1) is 0 Å². The van der Waals surface area contributed by atoms with Gasteiger partial charge in [0.05, 0.1) is 5.69 Å². The maximum absolute atomic E-state index is 12.5. The van der Waals surface area contributed by atoms with Gasteiger partial charge in [0.1, 0.15) is 18.6 Å². The molecule has 1 N–H and O–H groups in total. The number of benzene rings is 1. The van der Waals surface area contributed by atoms with Crippen LogP contribution in [0.4, 0.5) is 5.69 Å². The predicted octanol–water partition coefficient (Wildman–Crippen LogP) is 3.15. The lowest BCUT2D eigenvalue weighted by atomic mass is 10.1. The molecule has 0 fully saturated rings. The van der Waals surface area contributed by atoms with Gasteiger partial charge in [-0.2, -0.15) is 0 Å². The zero-order valence-corrected chi connectivity index (χ0v) is 18.8. The third-order valence-electron chi connectivity index (χ3n) is 5.52. The van der Waals surface area contributed by atoms with Crippen LogP contribution in [-0.4, -0.2) is 54.0 Å². The molecule has 3 rings (SSSR count). The number of carbonyl (C=O) groups excluding carboxylic acids is 2. The molecule has 2 heterocycles. The summed E-state index contributed by atoms with van der Waals surface area (Å²) in [6.07, 6.45) is 3.26. The second-order valence-electron chi connectivity index (χ2n) is 7.91. The lowest BCUT2D eigenvalue weighted by Crippen LogP contribution is -2.38. The highest BCUT2D eigenvalue weighted by molar-refractivity contribution is 5.97. The number of nitrogens with zero attached hydrogens (tertiary/aromatic N) is 3. The van der Waals surface area contributed by atoms with Crippen LogP contribution >= 0.6 is 0 Å². The molecule has 0 unspecified atom stereocenters. The minimum Gasteiger partial charge on any atom is -0.482 e. The number of amides is 2. The highest BCUT2D eigenvalue weighted by Gasteiger charge is 2.27. The fourth-order valence-electron chi connectivity index (χ4n) is 3.64. The van der Waals surface area contributed by atoms with E-state index < -0.39 is 0 Å². The summed E-state index contributed by atoms with van der Waals surface area (Å²) in [5, 5.41) is 2.97. The van der Waals surface area contributed by atoms with E-state index in [2.05, 4.69) is 29.0 Å². The fraction of sp³-hybridized carbons (Fsp3) is 0.522. The molecule has 1 atom stereocenters. The normalized spacial score (nSPS) is 14.4. The van der Waals surface area contributed by atoms with Crippen molar-refractivity contribution in [2.75, 3.05) is 31.1 Å². The van der Waals surface area contributed by atoms with Crippen molar-refractivity contribution in [3.8, 4) is 5.75 Å². The molecule has 0 saturated heterocycles. The summed E-state index contributed by atoms with van der Waals surface area (Å²) in [6.45, 7) is 11.5. The molecule has 1 aliphatic rings. The van der Waals surface area contributed by atoms with Crippen molar-refractivity contribution in [1.29, 1.82) is 0 Å². The average molecular weight is 429 g/mol. The van der Waals surface area contributed by atoms with Gasteiger partial charge in [-0.05, 0) is 64.0 Å². The van der Waals surface area contributed by atoms with Gasteiger partial charge in [0.2, 0.25) is 5.89 Å². The molecular formula is C23H32N4O4. The molecule has 2 amide bonds. The van der Waals surface area contributed by atoms with Gasteiger partial charge in [0.15, 0.2) is 12.3 Å². The molecule has 8 nitrogen and oxygen atoms in total. The lowest BCUT2D eigenvalue weighted by Gasteiger charge is -2.28. The summed E-state index contributed by atoms with van der Waals surface area (Å²) in [6, 6.07) is 5.71. The van der Waals surface area contributed by atoms with E-state index in [0.29, 0.717) is 17.3 Å². The Morgan fingerprint density at radius 1 is 1.32 bits per heavy atom. The molecule has 0 bridgehead atoms. The average Bonchev–Trinajstić information content (AvgIpc) is 3.22. The van der Waals surface area contributed by atoms with Crippen LogP contribution in [0.15, 0.2) is 28.9 Å². The Hall–Kier alpha value is -2.87. The smallest absolute Gasteiger partial charge is 0.273 e. The van der Waals surface area contributed by atoms with Crippen LogP contribution < -0.4 is 15.0 Å². The first kappa shape index (κ1) is 22.8. The molecule has 1 aliphatic heterocycles. The van der Waals surface area contributed by atoms with Crippen molar-refractivity contribution in [1.82, 2.24) is 15.2 Å². The van der Waals surface area contributed by atoms with Crippen molar-refractivity contribution in [3.63, 3.8) is 0 Å². The summed E-state index contributed by atoms with van der Waals surface area (Å²) in [5.74, 6) is 0.509. The third kappa shape index (κ3) is 5.85. The van der Waals surface area contributed by atoms with E-state index in [1.807, 2.05) is 32.0 Å². The van der Waals surface area contributed by atoms with Crippen molar-refractivity contribution in [2.24, 2.45) is 0 Å². The molecule has 8 heteroatoms. The number of hydrogen-bond acceptors (Lipinski definition) is 6. The number of anilines is 1. The van der Waals surface area contributed by atoms with Crippen molar-refractivity contribution in [3.05, 3.63) is 41.6 Å². The van der Waals surface area contributed by atoms with Crippen LogP contribution in [0.3, 0.4) is 0 Å². The largest absolute Gasteiger partial charge is 0.482 e. The van der Waals surface area contributed by atoms with Crippen molar-refractivity contribution < 1.29 is 18.7 Å². The molecule has 0 spiro atoms. The minimum absolute atomic E-state index is 0.0326. The number of ether oxygens (including phenoxy) is 1. The zero-order chi connectivity index (χ0) is 22.4. The zero-order valence-electron chi connectivity index (χ0n) is 18.8. The maximum atomic E-state index is 12.5. The molecule has 0 aliphatic carbocycles. The van der Waals surface area contributed by atoms with E-state index in [9.17, 15) is 9.59 Å². The molecule has 0 radical (unpaired) electrons. The number of aryl methyl sites for hydroxylation is 1. The summed E-state index contributed by atoms with van der Waals surface area (Å²) >= 11 is 0. The summed E-state index contributed by atoms with van der Waals surface area (Å²) in [4.78, 5) is 33.2. The van der Waals surface area contributed by atoms with Crippen molar-refractivity contribution >= 4 is 17.5 Å². The highest BCUT2D eigenvalue weighted by Crippen LogP contribution is 2.33. The molecule has 1 aromatic heterocycles. The molecule has 2 aromatic rings. The first-order chi connectivity index (χ1) is 14.9. The van der Waals surface area contributed by atoms with E-state index in [4.69, 9.17) is 9.15 Å². The quantitative estimate of drug-likeness (QED) is 0.625. The van der Waals surface area contributed by atoms with E-state index in [0.717, 1.165) is 38.0 Å². The van der Waals surface area contributed by atoms with E-state index >= 15 is 0 Å². The second-order valence-corrected chi connectivity index (χ2v) is 7.91. The first-order valence-electron chi connectivity index (χ1n) is 10.9. The van der Waals surface area contributed by atoms with Gasteiger partial charge in [-0.3, -0.25) is 14.5 Å². The number of aromatic nitrogens is 1. The van der Waals surface area contributed by atoms with Crippen LogP contribution in [0, 0.1) is 6.92 Å². The Morgan fingerprint density at radius 2 is 2.10 bits per heavy atom. The standard InChI is InChI=1S/C23H32N4O4/c1-5-26(6-2)11-7-8-17(4)24-23(29)18-14-31-21(25-18)13-27-19-12-16(3)9-10-20(19)30-15-22(27)28/h9-10,12,14,17H,5-8,11,13,15H2,1-4H3,(H,24,29)/t17-/m0/s1. The fourth-order valence-corrected chi connectivity index (χ4v) is 3.64. The van der Waals surface area contributed by atoms with Gasteiger partial charge >= 0.3 is 0 Å². The molecule has 168 valence electrons. The van der Waals surface area contributed by atoms with Gasteiger partial charge in [-0.1, -0.05) is 19.9 Å². The van der Waals surface area contributed by atoms with Crippen LogP contribution in [0.2, 0.25) is 0 Å². The topological polar surface area (TPSA) is 87.9 Å². The van der Waals surface area contributed by atoms with Crippen LogP contribution in [0.25, 0.3) is 0 Å². The molecule has 31 heavy (non-hydrogen) atoms. The van der Waals surface area contributed by atoms with Gasteiger partial charge in [0.25, 0.3) is 11.8 Å². The Kier molecular flexibility index (Phi) is 7.68. The van der Waals surface area contributed by atoms with Gasteiger partial charge < -0.3 is 19.4 Å².